The van der Waals surface area contributed by atoms with Gasteiger partial charge < -0.3 is 14.8 Å². The lowest BCUT2D eigenvalue weighted by Gasteiger charge is -2.12. The molecular weight excluding hydrogens is 384 g/mol. The van der Waals surface area contributed by atoms with E-state index in [1.165, 1.54) is 11.8 Å². The van der Waals surface area contributed by atoms with Crippen LogP contribution in [-0.2, 0) is 20.0 Å². The molecule has 1 saturated heterocycles. The van der Waals surface area contributed by atoms with E-state index < -0.39 is 5.97 Å². The predicted octanol–water partition coefficient (Wildman–Crippen LogP) is 3.20. The van der Waals surface area contributed by atoms with E-state index in [0.29, 0.717) is 17.9 Å². The number of nitrogens with zero attached hydrogens (tertiary/aromatic N) is 1. The third kappa shape index (κ3) is 6.05. The highest BCUT2D eigenvalue weighted by Gasteiger charge is 2.18. The Balaban J connectivity index is 1.49. The van der Waals surface area contributed by atoms with Crippen LogP contribution in [0, 0.1) is 6.92 Å². The second-order valence-electron chi connectivity index (χ2n) is 6.16. The number of esters is 1. The molecule has 0 bridgehead atoms. The molecule has 1 aromatic carbocycles. The Hall–Kier alpha value is -1.90. The first-order chi connectivity index (χ1) is 13.1. The molecule has 1 atom stereocenters. The van der Waals surface area contributed by atoms with Crippen molar-refractivity contribution in [1.82, 2.24) is 10.3 Å². The molecule has 1 unspecified atom stereocenters. The number of hydrogen-bond donors (Lipinski definition) is 1. The van der Waals surface area contributed by atoms with Crippen LogP contribution in [0.25, 0.3) is 0 Å². The number of carbonyl (C=O) groups is 2. The van der Waals surface area contributed by atoms with Gasteiger partial charge in [-0.15, -0.1) is 23.1 Å². The average Bonchev–Trinajstić information content (AvgIpc) is 3.34. The van der Waals surface area contributed by atoms with Gasteiger partial charge in [0.25, 0.3) is 5.91 Å². The summed E-state index contributed by atoms with van der Waals surface area (Å²) < 4.78 is 10.6. The molecule has 8 heteroatoms. The van der Waals surface area contributed by atoms with Crippen molar-refractivity contribution in [2.24, 2.45) is 0 Å². The molecule has 0 saturated carbocycles. The van der Waals surface area contributed by atoms with Crippen molar-refractivity contribution >= 4 is 35.0 Å². The highest BCUT2D eigenvalue weighted by molar-refractivity contribution is 7.98. The van der Waals surface area contributed by atoms with Gasteiger partial charge in [-0.25, -0.2) is 9.78 Å². The van der Waals surface area contributed by atoms with Crippen LogP contribution in [0.1, 0.15) is 33.9 Å². The maximum absolute atomic E-state index is 12.4. The van der Waals surface area contributed by atoms with E-state index in [9.17, 15) is 9.59 Å². The minimum absolute atomic E-state index is 0.0659. The quantitative estimate of drug-likeness (QED) is 0.536. The Labute approximate surface area is 166 Å². The van der Waals surface area contributed by atoms with Crippen molar-refractivity contribution in [3.05, 3.63) is 45.9 Å². The highest BCUT2D eigenvalue weighted by atomic mass is 32.2. The predicted molar refractivity (Wildman–Crippen MR) is 105 cm³/mol. The van der Waals surface area contributed by atoms with E-state index >= 15 is 0 Å². The number of thiazole rings is 1. The second kappa shape index (κ2) is 9.87. The Morgan fingerprint density at radius 3 is 3.00 bits per heavy atom. The normalized spacial score (nSPS) is 16.3. The molecule has 1 fully saturated rings. The maximum atomic E-state index is 12.4. The molecule has 2 aromatic rings. The first-order valence-electron chi connectivity index (χ1n) is 8.80. The van der Waals surface area contributed by atoms with Crippen molar-refractivity contribution in [1.29, 1.82) is 0 Å². The molecule has 1 N–H and O–H groups in total. The second-order valence-corrected chi connectivity index (χ2v) is 8.24. The number of hydrogen-bond acceptors (Lipinski definition) is 7. The molecular formula is C19H22N2O4S2. The van der Waals surface area contributed by atoms with E-state index in [2.05, 4.69) is 10.3 Å². The van der Waals surface area contributed by atoms with Crippen LogP contribution in [0.3, 0.4) is 0 Å². The van der Waals surface area contributed by atoms with Crippen LogP contribution in [0.5, 0.6) is 0 Å². The number of aryl methyl sites for hydroxylation is 1. The zero-order chi connectivity index (χ0) is 19.1. The number of nitrogens with one attached hydrogen (secondary N) is 1. The first-order valence-corrected chi connectivity index (χ1v) is 10.7. The third-order valence-electron chi connectivity index (χ3n) is 4.03. The van der Waals surface area contributed by atoms with Crippen molar-refractivity contribution in [2.45, 2.75) is 36.5 Å². The van der Waals surface area contributed by atoms with Crippen LogP contribution in [-0.4, -0.2) is 42.7 Å². The van der Waals surface area contributed by atoms with E-state index in [4.69, 9.17) is 9.47 Å². The topological polar surface area (TPSA) is 77.5 Å². The summed E-state index contributed by atoms with van der Waals surface area (Å²) >= 11 is 3.13. The highest BCUT2D eigenvalue weighted by Crippen LogP contribution is 2.27. The van der Waals surface area contributed by atoms with Crippen molar-refractivity contribution in [3.8, 4) is 0 Å². The van der Waals surface area contributed by atoms with Crippen molar-refractivity contribution < 1.29 is 19.1 Å². The van der Waals surface area contributed by atoms with Crippen LogP contribution in [0.4, 0.5) is 0 Å². The molecule has 1 aromatic heterocycles. The van der Waals surface area contributed by atoms with Crippen molar-refractivity contribution in [3.63, 3.8) is 0 Å². The van der Waals surface area contributed by atoms with Gasteiger partial charge in [0, 0.05) is 29.2 Å². The van der Waals surface area contributed by atoms with Crippen LogP contribution < -0.4 is 5.32 Å². The fraction of sp³-hybridized carbons (Fsp3) is 0.421. The SMILES string of the molecule is Cc1nc(CSc2ccccc2C(=O)OCC(=O)NCC2CCCO2)cs1. The number of amides is 1. The summed E-state index contributed by atoms with van der Waals surface area (Å²) in [6, 6.07) is 7.24. The van der Waals surface area contributed by atoms with Gasteiger partial charge >= 0.3 is 5.97 Å². The van der Waals surface area contributed by atoms with E-state index in [1.54, 1.807) is 23.5 Å². The Bertz CT molecular complexity index is 788. The molecule has 1 aliphatic rings. The zero-order valence-electron chi connectivity index (χ0n) is 15.1. The fourth-order valence-corrected chi connectivity index (χ4v) is 4.33. The number of ether oxygens (including phenoxy) is 2. The molecule has 27 heavy (non-hydrogen) atoms. The van der Waals surface area contributed by atoms with Gasteiger partial charge in [0.05, 0.1) is 22.4 Å². The van der Waals surface area contributed by atoms with E-state index in [1.807, 2.05) is 24.4 Å². The zero-order valence-corrected chi connectivity index (χ0v) is 16.7. The van der Waals surface area contributed by atoms with Gasteiger partial charge in [-0.05, 0) is 31.9 Å². The lowest BCUT2D eigenvalue weighted by atomic mass is 10.2. The Morgan fingerprint density at radius 1 is 1.41 bits per heavy atom. The Morgan fingerprint density at radius 2 is 2.26 bits per heavy atom. The monoisotopic (exact) mass is 406 g/mol. The number of carbonyl (C=O) groups excluding carboxylic acids is 2. The van der Waals surface area contributed by atoms with Gasteiger partial charge in [0.2, 0.25) is 0 Å². The average molecular weight is 407 g/mol. The smallest absolute Gasteiger partial charge is 0.339 e. The van der Waals surface area contributed by atoms with E-state index in [-0.39, 0.29) is 18.6 Å². The van der Waals surface area contributed by atoms with Gasteiger partial charge in [-0.3, -0.25) is 4.79 Å². The number of benzene rings is 1. The fourth-order valence-electron chi connectivity index (χ4n) is 2.68. The minimum atomic E-state index is -0.500. The summed E-state index contributed by atoms with van der Waals surface area (Å²) in [6.45, 7) is 2.87. The van der Waals surface area contributed by atoms with Crippen LogP contribution in [0.2, 0.25) is 0 Å². The summed E-state index contributed by atoms with van der Waals surface area (Å²) in [5.74, 6) is -0.141. The summed E-state index contributed by atoms with van der Waals surface area (Å²) in [7, 11) is 0. The number of aromatic nitrogens is 1. The molecule has 0 spiro atoms. The summed E-state index contributed by atoms with van der Waals surface area (Å²) in [5, 5.41) is 5.78. The third-order valence-corrected chi connectivity index (χ3v) is 5.96. The first kappa shape index (κ1) is 19.9. The number of thioether (sulfide) groups is 1. The molecule has 6 nitrogen and oxygen atoms in total. The minimum Gasteiger partial charge on any atom is -0.452 e. The molecule has 1 aliphatic heterocycles. The maximum Gasteiger partial charge on any atom is 0.339 e. The molecule has 144 valence electrons. The lowest BCUT2D eigenvalue weighted by Crippen LogP contribution is -2.34. The Kier molecular flexibility index (Phi) is 7.25. The standard InChI is InChI=1S/C19H22N2O4S2/c1-13-21-14(11-26-13)12-27-17-7-3-2-6-16(17)19(23)25-10-18(22)20-9-15-5-4-8-24-15/h2-3,6-7,11,15H,4-5,8-10,12H2,1H3,(H,20,22). The molecule has 3 rings (SSSR count). The molecule has 0 radical (unpaired) electrons. The lowest BCUT2D eigenvalue weighted by molar-refractivity contribution is -0.124. The van der Waals surface area contributed by atoms with Gasteiger partial charge in [0.1, 0.15) is 0 Å². The molecule has 1 amide bonds. The molecule has 2 heterocycles. The number of rotatable bonds is 8. The van der Waals surface area contributed by atoms with Gasteiger partial charge in [0.15, 0.2) is 6.61 Å². The largest absolute Gasteiger partial charge is 0.452 e. The van der Waals surface area contributed by atoms with Crippen LogP contribution >= 0.6 is 23.1 Å². The van der Waals surface area contributed by atoms with E-state index in [0.717, 1.165) is 35.0 Å². The van der Waals surface area contributed by atoms with Gasteiger partial charge in [-0.2, -0.15) is 0 Å². The van der Waals surface area contributed by atoms with Gasteiger partial charge in [-0.1, -0.05) is 12.1 Å². The van der Waals surface area contributed by atoms with Crippen molar-refractivity contribution in [2.75, 3.05) is 19.8 Å². The summed E-state index contributed by atoms with van der Waals surface area (Å²) in [6.07, 6.45) is 2.03. The summed E-state index contributed by atoms with van der Waals surface area (Å²) in [5.41, 5.74) is 1.44. The summed E-state index contributed by atoms with van der Waals surface area (Å²) in [4.78, 5) is 29.5. The molecule has 0 aliphatic carbocycles. The van der Waals surface area contributed by atoms with Crippen LogP contribution in [0.15, 0.2) is 34.5 Å².